The van der Waals surface area contributed by atoms with E-state index in [9.17, 15) is 19.5 Å². The van der Waals surface area contributed by atoms with Crippen LogP contribution in [0.3, 0.4) is 0 Å². The van der Waals surface area contributed by atoms with Gasteiger partial charge < -0.3 is 39.9 Å². The fraction of sp³-hybridized carbons (Fsp3) is 0.455. The molecule has 0 bridgehead atoms. The minimum atomic E-state index is -0.498. The van der Waals surface area contributed by atoms with E-state index < -0.39 is 11.9 Å². The van der Waals surface area contributed by atoms with Crippen LogP contribution < -0.4 is 10.6 Å². The summed E-state index contributed by atoms with van der Waals surface area (Å²) >= 11 is 0. The van der Waals surface area contributed by atoms with Gasteiger partial charge in [-0.15, -0.1) is 0 Å². The van der Waals surface area contributed by atoms with Crippen molar-refractivity contribution in [1.29, 1.82) is 5.26 Å². The van der Waals surface area contributed by atoms with Gasteiger partial charge in [0.1, 0.15) is 34.9 Å². The number of aliphatic hydroxyl groups excluding tert-OH is 1. The van der Waals surface area contributed by atoms with Crippen molar-refractivity contribution in [1.82, 2.24) is 19.9 Å². The molecule has 6 rings (SSSR count). The second-order valence-electron chi connectivity index (χ2n) is 11.4. The van der Waals surface area contributed by atoms with E-state index in [2.05, 4.69) is 30.6 Å². The Morgan fingerprint density at radius 2 is 1.40 bits per heavy atom. The van der Waals surface area contributed by atoms with Gasteiger partial charge >= 0.3 is 17.9 Å². The van der Waals surface area contributed by atoms with Crippen molar-refractivity contribution in [3.63, 3.8) is 0 Å². The number of pyridine rings is 2. The van der Waals surface area contributed by atoms with Gasteiger partial charge in [-0.05, 0) is 58.1 Å². The molecule has 0 amide bonds. The van der Waals surface area contributed by atoms with Gasteiger partial charge in [-0.3, -0.25) is 4.79 Å². The van der Waals surface area contributed by atoms with E-state index in [4.69, 9.17) is 19.5 Å². The third-order valence-corrected chi connectivity index (χ3v) is 8.17. The topological polar surface area (TPSA) is 204 Å². The molecular weight excluding hydrogens is 606 g/mol. The second kappa shape index (κ2) is 15.4. The SMILES string of the molecule is CCOC(=O)c1cnc2[nH]ccc2c1N[C@@H]1CC[C@@H](O)C1.CCOC(=O)c1cnc2[nH]ccc2c1N[C@@H]1CC[C@@H](OC(=O)CC#N)C1. The zero-order valence-corrected chi connectivity index (χ0v) is 26.4. The number of nitrogens with one attached hydrogen (secondary N) is 4. The van der Waals surface area contributed by atoms with E-state index in [0.29, 0.717) is 48.3 Å². The molecule has 248 valence electrons. The van der Waals surface area contributed by atoms with Crippen LogP contribution in [0.15, 0.2) is 36.9 Å². The summed E-state index contributed by atoms with van der Waals surface area (Å²) in [5, 5.41) is 26.7. The number of nitriles is 1. The Kier molecular flexibility index (Phi) is 10.9. The quantitative estimate of drug-likeness (QED) is 0.119. The van der Waals surface area contributed by atoms with E-state index in [1.807, 2.05) is 12.1 Å². The number of esters is 3. The summed E-state index contributed by atoms with van der Waals surface area (Å²) in [6, 6.07) is 5.74. The van der Waals surface area contributed by atoms with E-state index in [0.717, 1.165) is 41.4 Å². The first-order chi connectivity index (χ1) is 22.8. The highest BCUT2D eigenvalue weighted by Gasteiger charge is 2.30. The lowest BCUT2D eigenvalue weighted by atomic mass is 10.1. The number of anilines is 2. The molecule has 4 atom stereocenters. The van der Waals surface area contributed by atoms with Crippen LogP contribution in [0.2, 0.25) is 0 Å². The van der Waals surface area contributed by atoms with E-state index >= 15 is 0 Å². The van der Waals surface area contributed by atoms with Crippen molar-refractivity contribution in [2.24, 2.45) is 0 Å². The minimum absolute atomic E-state index is 0.0450. The number of hydrogen-bond acceptors (Lipinski definition) is 12. The molecule has 4 aromatic heterocycles. The van der Waals surface area contributed by atoms with Crippen molar-refractivity contribution in [3.05, 3.63) is 48.0 Å². The summed E-state index contributed by atoms with van der Waals surface area (Å²) in [7, 11) is 0. The molecule has 14 nitrogen and oxygen atoms in total. The van der Waals surface area contributed by atoms with Crippen molar-refractivity contribution >= 4 is 51.3 Å². The summed E-state index contributed by atoms with van der Waals surface area (Å²) < 4.78 is 15.5. The van der Waals surface area contributed by atoms with Gasteiger partial charge in [0.05, 0.1) is 36.8 Å². The predicted octanol–water partition coefficient (Wildman–Crippen LogP) is 4.59. The molecule has 0 spiro atoms. The number of carbonyl (C=O) groups excluding carboxylic acids is 3. The lowest BCUT2D eigenvalue weighted by Crippen LogP contribution is -2.21. The highest BCUT2D eigenvalue weighted by atomic mass is 16.5. The van der Waals surface area contributed by atoms with Crippen LogP contribution in [0.25, 0.3) is 22.1 Å². The molecule has 47 heavy (non-hydrogen) atoms. The first-order valence-corrected chi connectivity index (χ1v) is 15.8. The van der Waals surface area contributed by atoms with Crippen LogP contribution in [-0.2, 0) is 19.0 Å². The number of nitrogens with zero attached hydrogens (tertiary/aromatic N) is 3. The molecular formula is C33H39N7O7. The predicted molar refractivity (Wildman–Crippen MR) is 173 cm³/mol. The number of carbonyl (C=O) groups is 3. The minimum Gasteiger partial charge on any atom is -0.462 e. The number of ether oxygens (including phenoxy) is 3. The Labute approximate surface area is 271 Å². The standard InChI is InChI=1S/C18H20N4O4.C15H19N3O3/c1-2-25-18(24)14-10-21-17-13(6-8-20-17)16(14)22-11-3-4-12(9-11)26-15(23)5-7-19;1-2-21-15(20)12-8-17-14-11(5-6-16-14)13(12)18-9-3-4-10(19)7-9/h6,8,10-12H,2-5,9H2,1H3,(H2,20,21,22);5-6,8-10,19H,2-4,7H2,1H3,(H2,16,17,18)/t11-,12-;9-,10-/m11/s1. The molecule has 5 N–H and O–H groups in total. The lowest BCUT2D eigenvalue weighted by molar-refractivity contribution is -0.147. The van der Waals surface area contributed by atoms with Crippen molar-refractivity contribution in [2.75, 3.05) is 23.8 Å². The monoisotopic (exact) mass is 645 g/mol. The summed E-state index contributed by atoms with van der Waals surface area (Å²) in [4.78, 5) is 50.4. The third kappa shape index (κ3) is 7.98. The Balaban J connectivity index is 0.000000189. The van der Waals surface area contributed by atoms with Gasteiger partial charge in [0.25, 0.3) is 0 Å². The fourth-order valence-corrected chi connectivity index (χ4v) is 6.02. The molecule has 2 aliphatic rings. The largest absolute Gasteiger partial charge is 0.462 e. The molecule has 4 heterocycles. The van der Waals surface area contributed by atoms with Crippen molar-refractivity contribution in [2.45, 2.75) is 83.1 Å². The summed E-state index contributed by atoms with van der Waals surface area (Å²) in [6.07, 6.45) is 10.3. The Hall–Kier alpha value is -5.16. The maximum Gasteiger partial charge on any atom is 0.341 e. The first kappa shape index (κ1) is 33.2. The van der Waals surface area contributed by atoms with Crippen LogP contribution in [0, 0.1) is 11.3 Å². The summed E-state index contributed by atoms with van der Waals surface area (Å²) in [6.45, 7) is 4.14. The molecule has 0 unspecified atom stereocenters. The Morgan fingerprint density at radius 1 is 0.872 bits per heavy atom. The number of rotatable bonds is 10. The first-order valence-electron chi connectivity index (χ1n) is 15.8. The maximum atomic E-state index is 12.3. The molecule has 0 radical (unpaired) electrons. The number of hydrogen-bond donors (Lipinski definition) is 5. The Bertz CT molecular complexity index is 1760. The molecule has 2 saturated carbocycles. The molecule has 0 saturated heterocycles. The van der Waals surface area contributed by atoms with Gasteiger partial charge in [0.2, 0.25) is 0 Å². The third-order valence-electron chi connectivity index (χ3n) is 8.17. The zero-order valence-electron chi connectivity index (χ0n) is 26.4. The van der Waals surface area contributed by atoms with Gasteiger partial charge in [0.15, 0.2) is 0 Å². The average Bonchev–Trinajstić information content (AvgIpc) is 3.87. The zero-order chi connectivity index (χ0) is 33.3. The lowest BCUT2D eigenvalue weighted by Gasteiger charge is -2.18. The van der Waals surface area contributed by atoms with Crippen LogP contribution >= 0.6 is 0 Å². The van der Waals surface area contributed by atoms with Crippen molar-refractivity contribution in [3.8, 4) is 6.07 Å². The highest BCUT2D eigenvalue weighted by molar-refractivity contribution is 6.05. The maximum absolute atomic E-state index is 12.3. The molecule has 4 aromatic rings. The van der Waals surface area contributed by atoms with E-state index in [1.54, 1.807) is 32.3 Å². The van der Waals surface area contributed by atoms with Gasteiger partial charge in [-0.25, -0.2) is 19.6 Å². The summed E-state index contributed by atoms with van der Waals surface area (Å²) in [5.74, 6) is -1.31. The normalized spacial score (nSPS) is 20.2. The number of aliphatic hydroxyl groups is 1. The number of aromatic nitrogens is 4. The number of aromatic amines is 2. The van der Waals surface area contributed by atoms with Crippen LogP contribution in [0.4, 0.5) is 11.4 Å². The highest BCUT2D eigenvalue weighted by Crippen LogP contribution is 2.32. The second-order valence-corrected chi connectivity index (χ2v) is 11.4. The molecule has 0 aromatic carbocycles. The van der Waals surface area contributed by atoms with Crippen LogP contribution in [0.5, 0.6) is 0 Å². The van der Waals surface area contributed by atoms with Crippen molar-refractivity contribution < 1.29 is 33.7 Å². The van der Waals surface area contributed by atoms with Crippen LogP contribution in [0.1, 0.15) is 79.5 Å². The summed E-state index contributed by atoms with van der Waals surface area (Å²) in [5.41, 5.74) is 3.62. The molecule has 0 aliphatic heterocycles. The Morgan fingerprint density at radius 3 is 1.89 bits per heavy atom. The smallest absolute Gasteiger partial charge is 0.341 e. The van der Waals surface area contributed by atoms with Crippen LogP contribution in [-0.4, -0.2) is 80.5 Å². The number of H-pyrrole nitrogens is 2. The number of fused-ring (bicyclic) bond motifs is 2. The van der Waals surface area contributed by atoms with E-state index in [-0.39, 0.29) is 43.3 Å². The van der Waals surface area contributed by atoms with Gasteiger partial charge in [-0.1, -0.05) is 0 Å². The van der Waals surface area contributed by atoms with E-state index in [1.165, 1.54) is 12.4 Å². The average molecular weight is 646 g/mol. The molecule has 14 heteroatoms. The van der Waals surface area contributed by atoms with Gasteiger partial charge in [-0.2, -0.15) is 5.26 Å². The van der Waals surface area contributed by atoms with Gasteiger partial charge in [0, 0.05) is 54.1 Å². The fourth-order valence-electron chi connectivity index (χ4n) is 6.02. The molecule has 2 fully saturated rings. The molecule has 2 aliphatic carbocycles.